The molecule has 0 radical (unpaired) electrons. The smallest absolute Gasteiger partial charge is 0.258 e. The summed E-state index contributed by atoms with van der Waals surface area (Å²) >= 11 is 0. The van der Waals surface area contributed by atoms with Crippen LogP contribution in [0.2, 0.25) is 0 Å². The molecule has 0 fully saturated rings. The fraction of sp³-hybridized carbons (Fsp3) is 0.105. The maximum atomic E-state index is 13.6. The van der Waals surface area contributed by atoms with Crippen LogP contribution in [0.25, 0.3) is 0 Å². The lowest BCUT2D eigenvalue weighted by Crippen LogP contribution is -2.15. The minimum Gasteiger partial charge on any atom is -0.354 e. The van der Waals surface area contributed by atoms with Crippen molar-refractivity contribution in [2.24, 2.45) is 0 Å². The third kappa shape index (κ3) is 4.43. The molecule has 3 rings (SSSR count). The quantitative estimate of drug-likeness (QED) is 0.494. The number of halogens is 4. The third-order valence-corrected chi connectivity index (χ3v) is 3.83. The van der Waals surface area contributed by atoms with E-state index >= 15 is 0 Å². The largest absolute Gasteiger partial charge is 0.354 e. The van der Waals surface area contributed by atoms with E-state index in [-0.39, 0.29) is 17.3 Å². The molecule has 1 aromatic heterocycles. The van der Waals surface area contributed by atoms with Crippen molar-refractivity contribution in [1.82, 2.24) is 9.97 Å². The Morgan fingerprint density at radius 2 is 1.61 bits per heavy atom. The molecule has 0 atom stereocenters. The van der Waals surface area contributed by atoms with Crippen LogP contribution in [0.1, 0.15) is 15.9 Å². The first-order valence-corrected chi connectivity index (χ1v) is 8.20. The van der Waals surface area contributed by atoms with E-state index in [0.29, 0.717) is 24.6 Å². The highest BCUT2D eigenvalue weighted by Gasteiger charge is 2.16. The van der Waals surface area contributed by atoms with Crippen LogP contribution in [0.5, 0.6) is 0 Å². The van der Waals surface area contributed by atoms with Gasteiger partial charge < -0.3 is 10.6 Å². The van der Waals surface area contributed by atoms with Gasteiger partial charge in [0.15, 0.2) is 17.5 Å². The number of hydrogen-bond donors (Lipinski definition) is 2. The van der Waals surface area contributed by atoms with Crippen LogP contribution in [-0.2, 0) is 6.42 Å². The Morgan fingerprint density at radius 3 is 2.32 bits per heavy atom. The highest BCUT2D eigenvalue weighted by molar-refractivity contribution is 6.03. The molecule has 28 heavy (non-hydrogen) atoms. The van der Waals surface area contributed by atoms with Crippen molar-refractivity contribution in [2.75, 3.05) is 17.2 Å². The Labute approximate surface area is 157 Å². The molecule has 1 heterocycles. The van der Waals surface area contributed by atoms with E-state index in [1.54, 1.807) is 18.2 Å². The van der Waals surface area contributed by atoms with E-state index in [0.717, 1.165) is 6.07 Å². The molecule has 0 bridgehead atoms. The molecule has 2 N–H and O–H groups in total. The first-order chi connectivity index (χ1) is 13.5. The second-order valence-corrected chi connectivity index (χ2v) is 5.74. The highest BCUT2D eigenvalue weighted by atomic mass is 19.2. The zero-order valence-electron chi connectivity index (χ0n) is 14.3. The highest BCUT2D eigenvalue weighted by Crippen LogP contribution is 2.20. The summed E-state index contributed by atoms with van der Waals surface area (Å²) in [5.41, 5.74) is 0.0272. The minimum atomic E-state index is -1.68. The van der Waals surface area contributed by atoms with Crippen molar-refractivity contribution >= 4 is 17.5 Å². The summed E-state index contributed by atoms with van der Waals surface area (Å²) in [6.45, 7) is 0.368. The van der Waals surface area contributed by atoms with Gasteiger partial charge in [-0.2, -0.15) is 0 Å². The van der Waals surface area contributed by atoms with E-state index in [4.69, 9.17) is 0 Å². The number of anilines is 2. The lowest BCUT2D eigenvalue weighted by Gasteiger charge is -2.08. The van der Waals surface area contributed by atoms with Gasteiger partial charge in [0.2, 0.25) is 5.95 Å². The van der Waals surface area contributed by atoms with Gasteiger partial charge >= 0.3 is 0 Å². The molecule has 3 aromatic rings. The maximum Gasteiger partial charge on any atom is 0.258 e. The fourth-order valence-electron chi connectivity index (χ4n) is 2.36. The summed E-state index contributed by atoms with van der Waals surface area (Å²) in [4.78, 5) is 20.0. The van der Waals surface area contributed by atoms with Crippen LogP contribution in [-0.4, -0.2) is 22.4 Å². The number of aromatic nitrogens is 2. The number of rotatable bonds is 6. The normalized spacial score (nSPS) is 10.6. The summed E-state index contributed by atoms with van der Waals surface area (Å²) < 4.78 is 53.3. The van der Waals surface area contributed by atoms with Crippen LogP contribution in [0.3, 0.4) is 0 Å². The first kappa shape index (κ1) is 19.3. The molecule has 0 unspecified atom stereocenters. The van der Waals surface area contributed by atoms with Crippen LogP contribution < -0.4 is 10.6 Å². The van der Waals surface area contributed by atoms with E-state index in [1.165, 1.54) is 18.5 Å². The molecular formula is C19H14F4N4O. The summed E-state index contributed by atoms with van der Waals surface area (Å²) in [6, 6.07) is 7.99. The molecule has 0 saturated carbocycles. The van der Waals surface area contributed by atoms with Gasteiger partial charge in [0.25, 0.3) is 5.91 Å². The SMILES string of the molecule is O=C(Nc1ccc(F)c(F)c1F)c1cnc(NCCc2ccccc2F)nc1. The molecular weight excluding hydrogens is 376 g/mol. The minimum absolute atomic E-state index is 0.0104. The maximum absolute atomic E-state index is 13.6. The number of nitrogens with zero attached hydrogens (tertiary/aromatic N) is 2. The average Bonchev–Trinajstić information content (AvgIpc) is 2.70. The van der Waals surface area contributed by atoms with Gasteiger partial charge in [0.1, 0.15) is 5.82 Å². The predicted molar refractivity (Wildman–Crippen MR) is 94.9 cm³/mol. The molecule has 0 aliphatic carbocycles. The van der Waals surface area contributed by atoms with Crippen LogP contribution >= 0.6 is 0 Å². The molecule has 2 aromatic carbocycles. The second-order valence-electron chi connectivity index (χ2n) is 5.74. The van der Waals surface area contributed by atoms with Crippen molar-refractivity contribution in [3.63, 3.8) is 0 Å². The van der Waals surface area contributed by atoms with Gasteiger partial charge in [-0.05, 0) is 30.2 Å². The second kappa shape index (κ2) is 8.47. The molecule has 144 valence electrons. The Bertz CT molecular complexity index is 996. The zero-order chi connectivity index (χ0) is 20.1. The number of amides is 1. The summed E-state index contributed by atoms with van der Waals surface area (Å²) in [5.74, 6) is -5.41. The van der Waals surface area contributed by atoms with Crippen LogP contribution in [0, 0.1) is 23.3 Å². The predicted octanol–water partition coefficient (Wildman–Crippen LogP) is 3.94. The van der Waals surface area contributed by atoms with Gasteiger partial charge in [-0.3, -0.25) is 4.79 Å². The van der Waals surface area contributed by atoms with E-state index in [1.807, 2.05) is 0 Å². The third-order valence-electron chi connectivity index (χ3n) is 3.83. The van der Waals surface area contributed by atoms with Crippen LogP contribution in [0.15, 0.2) is 48.8 Å². The summed E-state index contributed by atoms with van der Waals surface area (Å²) in [7, 11) is 0. The number of carbonyl (C=O) groups is 1. The molecule has 0 aliphatic rings. The fourth-order valence-corrected chi connectivity index (χ4v) is 2.36. The average molecular weight is 390 g/mol. The van der Waals surface area contributed by atoms with E-state index < -0.39 is 29.0 Å². The van der Waals surface area contributed by atoms with E-state index in [9.17, 15) is 22.4 Å². The molecule has 0 spiro atoms. The summed E-state index contributed by atoms with van der Waals surface area (Å²) in [6.07, 6.45) is 2.78. The molecule has 0 saturated heterocycles. The Kier molecular flexibility index (Phi) is 5.83. The van der Waals surface area contributed by atoms with Crippen molar-refractivity contribution in [1.29, 1.82) is 0 Å². The van der Waals surface area contributed by atoms with Crippen molar-refractivity contribution in [2.45, 2.75) is 6.42 Å². The Balaban J connectivity index is 1.58. The lowest BCUT2D eigenvalue weighted by atomic mass is 10.1. The monoisotopic (exact) mass is 390 g/mol. The van der Waals surface area contributed by atoms with Crippen molar-refractivity contribution in [3.8, 4) is 0 Å². The van der Waals surface area contributed by atoms with Gasteiger partial charge in [-0.1, -0.05) is 18.2 Å². The molecule has 1 amide bonds. The van der Waals surface area contributed by atoms with Gasteiger partial charge in [-0.15, -0.1) is 0 Å². The first-order valence-electron chi connectivity index (χ1n) is 8.20. The Hall–Kier alpha value is -3.49. The molecule has 9 heteroatoms. The zero-order valence-corrected chi connectivity index (χ0v) is 14.3. The summed E-state index contributed by atoms with van der Waals surface area (Å²) in [5, 5.41) is 5.01. The number of benzene rings is 2. The van der Waals surface area contributed by atoms with Crippen molar-refractivity contribution in [3.05, 3.63) is 83.2 Å². The molecule has 5 nitrogen and oxygen atoms in total. The van der Waals surface area contributed by atoms with Gasteiger partial charge in [-0.25, -0.2) is 27.5 Å². The topological polar surface area (TPSA) is 66.9 Å². The van der Waals surface area contributed by atoms with Crippen molar-refractivity contribution < 1.29 is 22.4 Å². The molecule has 0 aliphatic heterocycles. The lowest BCUT2D eigenvalue weighted by molar-refractivity contribution is 0.102. The van der Waals surface area contributed by atoms with Gasteiger partial charge in [0, 0.05) is 18.9 Å². The number of nitrogens with one attached hydrogen (secondary N) is 2. The number of carbonyl (C=O) groups excluding carboxylic acids is 1. The van der Waals surface area contributed by atoms with Gasteiger partial charge in [0.05, 0.1) is 11.3 Å². The standard InChI is InChI=1S/C19H14F4N4O/c20-13-4-2-1-3-11(13)7-8-24-19-25-9-12(10-26-19)18(28)27-15-6-5-14(21)16(22)17(15)23/h1-6,9-10H,7-8H2,(H,27,28)(H,24,25,26). The van der Waals surface area contributed by atoms with E-state index in [2.05, 4.69) is 20.6 Å². The van der Waals surface area contributed by atoms with Crippen LogP contribution in [0.4, 0.5) is 29.2 Å². The number of hydrogen-bond acceptors (Lipinski definition) is 4. The Morgan fingerprint density at radius 1 is 0.893 bits per heavy atom.